The fraction of sp³-hybridized carbons (Fsp3) is 0.500. The van der Waals surface area contributed by atoms with Crippen LogP contribution in [0, 0.1) is 10.1 Å². The number of nitro groups is 1. The molecule has 0 bridgehead atoms. The second-order valence-electron chi connectivity index (χ2n) is 5.37. The number of para-hydroxylation sites is 2. The molecule has 1 aliphatic carbocycles. The summed E-state index contributed by atoms with van der Waals surface area (Å²) in [5, 5.41) is 16.7. The summed E-state index contributed by atoms with van der Waals surface area (Å²) in [6.45, 7) is 0.414. The molecule has 2 rings (SSSR count). The van der Waals surface area contributed by atoms with Gasteiger partial charge in [0.05, 0.1) is 17.0 Å². The van der Waals surface area contributed by atoms with Crippen LogP contribution in [-0.2, 0) is 4.79 Å². The van der Waals surface area contributed by atoms with Crippen molar-refractivity contribution >= 4 is 29.7 Å². The number of nitrogens with two attached hydrogens (primary N) is 1. The van der Waals surface area contributed by atoms with Crippen LogP contribution in [0.4, 0.5) is 11.4 Å². The van der Waals surface area contributed by atoms with Crippen molar-refractivity contribution in [3.63, 3.8) is 0 Å². The molecule has 1 amide bonds. The molecule has 4 N–H and O–H groups in total. The van der Waals surface area contributed by atoms with Crippen molar-refractivity contribution in [1.82, 2.24) is 5.32 Å². The lowest BCUT2D eigenvalue weighted by molar-refractivity contribution is -0.383. The van der Waals surface area contributed by atoms with Gasteiger partial charge in [-0.2, -0.15) is 0 Å². The number of nitrogens with one attached hydrogen (secondary N) is 2. The van der Waals surface area contributed by atoms with Crippen LogP contribution >= 0.6 is 12.4 Å². The third kappa shape index (κ3) is 4.32. The molecule has 0 radical (unpaired) electrons. The van der Waals surface area contributed by atoms with E-state index in [1.807, 2.05) is 0 Å². The highest BCUT2D eigenvalue weighted by molar-refractivity contribution is 5.85. The van der Waals surface area contributed by atoms with Gasteiger partial charge in [0.2, 0.25) is 5.91 Å². The number of hydrogen-bond acceptors (Lipinski definition) is 5. The van der Waals surface area contributed by atoms with E-state index in [1.165, 1.54) is 6.07 Å². The molecule has 0 aromatic heterocycles. The molecule has 0 aliphatic heterocycles. The first-order valence-electron chi connectivity index (χ1n) is 7.05. The van der Waals surface area contributed by atoms with Crippen molar-refractivity contribution in [2.45, 2.75) is 31.2 Å². The van der Waals surface area contributed by atoms with E-state index in [0.717, 1.165) is 25.7 Å². The summed E-state index contributed by atoms with van der Waals surface area (Å²) in [5.41, 5.74) is 5.76. The summed E-state index contributed by atoms with van der Waals surface area (Å²) >= 11 is 0. The fourth-order valence-corrected chi connectivity index (χ4v) is 2.73. The third-order valence-corrected chi connectivity index (χ3v) is 3.90. The first-order chi connectivity index (χ1) is 10.1. The maximum Gasteiger partial charge on any atom is 0.292 e. The molecule has 7 nitrogen and oxygen atoms in total. The normalized spacial score (nSPS) is 15.7. The standard InChI is InChI=1S/C14H20N4O3.ClH/c15-10-14(7-3-4-8-14)17-13(19)9-16-11-5-1-2-6-12(11)18(20)21;/h1-2,5-6,16H,3-4,7-10,15H2,(H,17,19);1H. The molecule has 22 heavy (non-hydrogen) atoms. The van der Waals surface area contributed by atoms with Gasteiger partial charge in [0.15, 0.2) is 0 Å². The van der Waals surface area contributed by atoms with Gasteiger partial charge >= 0.3 is 0 Å². The molecule has 0 spiro atoms. The lowest BCUT2D eigenvalue weighted by Gasteiger charge is -2.28. The minimum Gasteiger partial charge on any atom is -0.371 e. The maximum absolute atomic E-state index is 12.0. The molecule has 0 saturated heterocycles. The van der Waals surface area contributed by atoms with Crippen molar-refractivity contribution in [1.29, 1.82) is 0 Å². The SMILES string of the molecule is Cl.NCC1(NC(=O)CNc2ccccc2[N+](=O)[O-])CCCC1. The first-order valence-corrected chi connectivity index (χ1v) is 7.05. The Morgan fingerprint density at radius 2 is 1.95 bits per heavy atom. The van der Waals surface area contributed by atoms with Gasteiger partial charge in [0.1, 0.15) is 5.69 Å². The monoisotopic (exact) mass is 328 g/mol. The van der Waals surface area contributed by atoms with Gasteiger partial charge in [-0.25, -0.2) is 0 Å². The molecule has 1 aromatic rings. The summed E-state index contributed by atoms with van der Waals surface area (Å²) in [4.78, 5) is 22.4. The van der Waals surface area contributed by atoms with Crippen molar-refractivity contribution < 1.29 is 9.72 Å². The molecule has 0 atom stereocenters. The Hall–Kier alpha value is -1.86. The van der Waals surface area contributed by atoms with E-state index in [2.05, 4.69) is 10.6 Å². The highest BCUT2D eigenvalue weighted by atomic mass is 35.5. The zero-order valence-corrected chi connectivity index (χ0v) is 13.0. The number of rotatable bonds is 6. The number of benzene rings is 1. The maximum atomic E-state index is 12.0. The van der Waals surface area contributed by atoms with E-state index in [9.17, 15) is 14.9 Å². The predicted molar refractivity (Wildman–Crippen MR) is 87.2 cm³/mol. The minimum absolute atomic E-state index is 0. The number of nitro benzene ring substituents is 1. The Morgan fingerprint density at radius 1 is 1.32 bits per heavy atom. The third-order valence-electron chi connectivity index (χ3n) is 3.90. The van der Waals surface area contributed by atoms with E-state index in [1.54, 1.807) is 18.2 Å². The van der Waals surface area contributed by atoms with Gasteiger partial charge in [-0.1, -0.05) is 25.0 Å². The van der Waals surface area contributed by atoms with E-state index >= 15 is 0 Å². The molecule has 1 saturated carbocycles. The van der Waals surface area contributed by atoms with Gasteiger partial charge in [0.25, 0.3) is 5.69 Å². The Bertz CT molecular complexity index is 533. The number of nitrogens with zero attached hydrogens (tertiary/aromatic N) is 1. The molecule has 0 unspecified atom stereocenters. The minimum atomic E-state index is -0.474. The Labute approximate surface area is 135 Å². The van der Waals surface area contributed by atoms with E-state index in [0.29, 0.717) is 12.2 Å². The topological polar surface area (TPSA) is 110 Å². The first kappa shape index (κ1) is 18.2. The van der Waals surface area contributed by atoms with Crippen LogP contribution in [0.2, 0.25) is 0 Å². The molecule has 1 aliphatic rings. The molecular formula is C14H21ClN4O3. The zero-order valence-electron chi connectivity index (χ0n) is 12.2. The van der Waals surface area contributed by atoms with Gasteiger partial charge in [-0.05, 0) is 18.9 Å². The van der Waals surface area contributed by atoms with Gasteiger partial charge in [-0.15, -0.1) is 12.4 Å². The number of anilines is 1. The average molecular weight is 329 g/mol. The number of carbonyl (C=O) groups excluding carboxylic acids is 1. The van der Waals surface area contributed by atoms with E-state index in [-0.39, 0.29) is 36.1 Å². The number of carbonyl (C=O) groups is 1. The lowest BCUT2D eigenvalue weighted by Crippen LogP contribution is -2.53. The quantitative estimate of drug-likeness (QED) is 0.545. The summed E-state index contributed by atoms with van der Waals surface area (Å²) in [6.07, 6.45) is 3.91. The zero-order chi connectivity index (χ0) is 15.3. The smallest absolute Gasteiger partial charge is 0.292 e. The largest absolute Gasteiger partial charge is 0.371 e. The van der Waals surface area contributed by atoms with Gasteiger partial charge < -0.3 is 16.4 Å². The summed E-state index contributed by atoms with van der Waals surface area (Å²) < 4.78 is 0. The summed E-state index contributed by atoms with van der Waals surface area (Å²) in [6, 6.07) is 6.26. The fourth-order valence-electron chi connectivity index (χ4n) is 2.73. The highest BCUT2D eigenvalue weighted by Gasteiger charge is 2.33. The molecule has 8 heteroatoms. The van der Waals surface area contributed by atoms with E-state index in [4.69, 9.17) is 5.73 Å². The molecular weight excluding hydrogens is 308 g/mol. The Kier molecular flexibility index (Phi) is 6.58. The second-order valence-corrected chi connectivity index (χ2v) is 5.37. The Balaban J connectivity index is 0.00000242. The summed E-state index contributed by atoms with van der Waals surface area (Å²) in [5.74, 6) is -0.194. The lowest BCUT2D eigenvalue weighted by atomic mass is 9.98. The summed E-state index contributed by atoms with van der Waals surface area (Å²) in [7, 11) is 0. The van der Waals surface area contributed by atoms with Crippen LogP contribution in [-0.4, -0.2) is 29.5 Å². The van der Waals surface area contributed by atoms with Crippen LogP contribution in [0.25, 0.3) is 0 Å². The number of hydrogen-bond donors (Lipinski definition) is 3. The van der Waals surface area contributed by atoms with Crippen molar-refractivity contribution in [3.05, 3.63) is 34.4 Å². The van der Waals surface area contributed by atoms with Crippen molar-refractivity contribution in [2.75, 3.05) is 18.4 Å². The average Bonchev–Trinajstić information content (AvgIpc) is 2.94. The second kappa shape index (κ2) is 7.95. The van der Waals surface area contributed by atoms with Crippen LogP contribution in [0.1, 0.15) is 25.7 Å². The van der Waals surface area contributed by atoms with Gasteiger partial charge in [0, 0.05) is 12.6 Å². The van der Waals surface area contributed by atoms with E-state index < -0.39 is 4.92 Å². The van der Waals surface area contributed by atoms with Crippen LogP contribution < -0.4 is 16.4 Å². The Morgan fingerprint density at radius 3 is 2.55 bits per heavy atom. The number of halogens is 1. The van der Waals surface area contributed by atoms with Crippen molar-refractivity contribution in [2.24, 2.45) is 5.73 Å². The van der Waals surface area contributed by atoms with Crippen molar-refractivity contribution in [3.8, 4) is 0 Å². The molecule has 1 aromatic carbocycles. The number of amides is 1. The van der Waals surface area contributed by atoms with Crippen LogP contribution in [0.5, 0.6) is 0 Å². The van der Waals surface area contributed by atoms with Gasteiger partial charge in [-0.3, -0.25) is 14.9 Å². The predicted octanol–water partition coefficient (Wildman–Crippen LogP) is 1.82. The molecule has 0 heterocycles. The van der Waals surface area contributed by atoms with Crippen LogP contribution in [0.3, 0.4) is 0 Å². The van der Waals surface area contributed by atoms with Crippen LogP contribution in [0.15, 0.2) is 24.3 Å². The molecule has 1 fully saturated rings. The molecule has 122 valence electrons. The highest BCUT2D eigenvalue weighted by Crippen LogP contribution is 2.28.